The van der Waals surface area contributed by atoms with Crippen LogP contribution in [-0.4, -0.2) is 48.1 Å². The van der Waals surface area contributed by atoms with Gasteiger partial charge in [0.2, 0.25) is 0 Å². The molecule has 0 bridgehead atoms. The maximum Gasteiger partial charge on any atom is 0.128 e. The Morgan fingerprint density at radius 3 is 2.37 bits per heavy atom. The maximum absolute atomic E-state index is 5.99. The van der Waals surface area contributed by atoms with Crippen molar-refractivity contribution in [1.29, 1.82) is 0 Å². The number of nitrogens with two attached hydrogens (primary N) is 1. The minimum Gasteiger partial charge on any atom is -0.354 e. The van der Waals surface area contributed by atoms with E-state index in [4.69, 9.17) is 5.73 Å². The van der Waals surface area contributed by atoms with Gasteiger partial charge < -0.3 is 10.6 Å². The molecule has 3 rings (SSSR count). The van der Waals surface area contributed by atoms with E-state index in [1.807, 2.05) is 12.3 Å². The Morgan fingerprint density at radius 2 is 1.74 bits per heavy atom. The Bertz CT molecular complexity index is 378. The summed E-state index contributed by atoms with van der Waals surface area (Å²) in [6.45, 7) is 4.52. The Hall–Kier alpha value is -1.13. The first-order valence-corrected chi connectivity index (χ1v) is 7.48. The Balaban J connectivity index is 1.52. The Labute approximate surface area is 115 Å². The van der Waals surface area contributed by atoms with Crippen molar-refractivity contribution < 1.29 is 0 Å². The molecule has 0 unspecified atom stereocenters. The molecule has 2 aliphatic rings. The Morgan fingerprint density at radius 1 is 1.00 bits per heavy atom. The van der Waals surface area contributed by atoms with Gasteiger partial charge in [-0.1, -0.05) is 6.07 Å². The summed E-state index contributed by atoms with van der Waals surface area (Å²) in [7, 11) is 0. The van der Waals surface area contributed by atoms with Gasteiger partial charge in [-0.15, -0.1) is 0 Å². The van der Waals surface area contributed by atoms with E-state index in [0.29, 0.717) is 6.04 Å². The lowest BCUT2D eigenvalue weighted by Gasteiger charge is -2.41. The average Bonchev–Trinajstić information content (AvgIpc) is 2.49. The molecule has 0 spiro atoms. The summed E-state index contributed by atoms with van der Waals surface area (Å²) in [4.78, 5) is 9.49. The summed E-state index contributed by atoms with van der Waals surface area (Å²) in [5.74, 6) is 1.12. The van der Waals surface area contributed by atoms with Gasteiger partial charge in [-0.05, 0) is 37.8 Å². The second-order valence-corrected chi connectivity index (χ2v) is 5.78. The van der Waals surface area contributed by atoms with Crippen LogP contribution in [0.15, 0.2) is 24.4 Å². The highest BCUT2D eigenvalue weighted by Crippen LogP contribution is 2.24. The molecule has 2 N–H and O–H groups in total. The number of hydrogen-bond donors (Lipinski definition) is 1. The van der Waals surface area contributed by atoms with E-state index in [1.165, 1.54) is 25.7 Å². The second-order valence-electron chi connectivity index (χ2n) is 5.78. The minimum atomic E-state index is 0.450. The lowest BCUT2D eigenvalue weighted by atomic mass is 9.90. The average molecular weight is 260 g/mol. The third-order valence-electron chi connectivity index (χ3n) is 4.55. The van der Waals surface area contributed by atoms with Gasteiger partial charge in [0.25, 0.3) is 0 Å². The molecule has 1 aromatic rings. The summed E-state index contributed by atoms with van der Waals surface area (Å²) in [6, 6.07) is 7.37. The van der Waals surface area contributed by atoms with E-state index in [1.54, 1.807) is 0 Å². The van der Waals surface area contributed by atoms with Gasteiger partial charge >= 0.3 is 0 Å². The molecule has 19 heavy (non-hydrogen) atoms. The highest BCUT2D eigenvalue weighted by molar-refractivity contribution is 5.38. The number of pyridine rings is 1. The first-order valence-electron chi connectivity index (χ1n) is 7.48. The summed E-state index contributed by atoms with van der Waals surface area (Å²) >= 11 is 0. The zero-order valence-corrected chi connectivity index (χ0v) is 11.5. The van der Waals surface area contributed by atoms with Crippen LogP contribution in [0.4, 0.5) is 5.82 Å². The van der Waals surface area contributed by atoms with E-state index >= 15 is 0 Å². The number of rotatable bonds is 2. The fraction of sp³-hybridized carbons (Fsp3) is 0.667. The second kappa shape index (κ2) is 5.88. The van der Waals surface area contributed by atoms with Crippen LogP contribution in [-0.2, 0) is 0 Å². The standard InChI is InChI=1S/C15H24N4/c16-13-4-6-14(7-5-13)18-9-11-19(12-10-18)15-3-1-2-8-17-15/h1-3,8,13-14H,4-7,9-12,16H2. The van der Waals surface area contributed by atoms with Crippen molar-refractivity contribution in [2.24, 2.45) is 5.73 Å². The lowest BCUT2D eigenvalue weighted by molar-refractivity contribution is 0.142. The van der Waals surface area contributed by atoms with E-state index in [-0.39, 0.29) is 0 Å². The van der Waals surface area contributed by atoms with Crippen molar-refractivity contribution in [3.8, 4) is 0 Å². The molecule has 2 fully saturated rings. The molecule has 0 radical (unpaired) electrons. The monoisotopic (exact) mass is 260 g/mol. The summed E-state index contributed by atoms with van der Waals surface area (Å²) in [6.07, 6.45) is 6.84. The van der Waals surface area contributed by atoms with Crippen molar-refractivity contribution in [1.82, 2.24) is 9.88 Å². The van der Waals surface area contributed by atoms with Gasteiger partial charge in [0.15, 0.2) is 0 Å². The van der Waals surface area contributed by atoms with E-state index in [0.717, 1.165) is 38.0 Å². The highest BCUT2D eigenvalue weighted by Gasteiger charge is 2.27. The molecule has 1 aromatic heterocycles. The van der Waals surface area contributed by atoms with E-state index in [2.05, 4.69) is 26.9 Å². The van der Waals surface area contributed by atoms with Gasteiger partial charge in [-0.25, -0.2) is 4.98 Å². The molecule has 2 heterocycles. The molecular weight excluding hydrogens is 236 g/mol. The predicted molar refractivity (Wildman–Crippen MR) is 78.3 cm³/mol. The predicted octanol–water partition coefficient (Wildman–Crippen LogP) is 1.47. The van der Waals surface area contributed by atoms with Crippen LogP contribution in [0.3, 0.4) is 0 Å². The Kier molecular flexibility index (Phi) is 3.99. The summed E-state index contributed by atoms with van der Waals surface area (Å²) < 4.78 is 0. The molecule has 104 valence electrons. The smallest absolute Gasteiger partial charge is 0.128 e. The quantitative estimate of drug-likeness (QED) is 0.875. The summed E-state index contributed by atoms with van der Waals surface area (Å²) in [5.41, 5.74) is 5.99. The van der Waals surface area contributed by atoms with Gasteiger partial charge in [0.1, 0.15) is 5.82 Å². The molecule has 4 nitrogen and oxygen atoms in total. The van der Waals surface area contributed by atoms with Crippen LogP contribution < -0.4 is 10.6 Å². The van der Waals surface area contributed by atoms with Gasteiger partial charge in [0.05, 0.1) is 0 Å². The molecular formula is C15H24N4. The lowest BCUT2D eigenvalue weighted by Crippen LogP contribution is -2.52. The van der Waals surface area contributed by atoms with Crippen LogP contribution in [0.1, 0.15) is 25.7 Å². The maximum atomic E-state index is 5.99. The largest absolute Gasteiger partial charge is 0.354 e. The third-order valence-corrected chi connectivity index (χ3v) is 4.55. The molecule has 0 aromatic carbocycles. The van der Waals surface area contributed by atoms with Gasteiger partial charge in [-0.3, -0.25) is 4.90 Å². The molecule has 1 aliphatic carbocycles. The molecule has 1 aliphatic heterocycles. The molecule has 0 atom stereocenters. The van der Waals surface area contributed by atoms with Crippen molar-refractivity contribution in [2.75, 3.05) is 31.1 Å². The number of anilines is 1. The molecule has 1 saturated heterocycles. The topological polar surface area (TPSA) is 45.4 Å². The van der Waals surface area contributed by atoms with Crippen molar-refractivity contribution in [3.05, 3.63) is 24.4 Å². The molecule has 4 heteroatoms. The van der Waals surface area contributed by atoms with Crippen LogP contribution >= 0.6 is 0 Å². The first kappa shape index (κ1) is 12.9. The van der Waals surface area contributed by atoms with Gasteiger partial charge in [-0.2, -0.15) is 0 Å². The molecule has 0 amide bonds. The SMILES string of the molecule is NC1CCC(N2CCN(c3ccccn3)CC2)CC1. The van der Waals surface area contributed by atoms with Crippen LogP contribution in [0.25, 0.3) is 0 Å². The third kappa shape index (κ3) is 3.07. The van der Waals surface area contributed by atoms with Crippen molar-refractivity contribution in [2.45, 2.75) is 37.8 Å². The number of nitrogens with zero attached hydrogens (tertiary/aromatic N) is 3. The zero-order valence-electron chi connectivity index (χ0n) is 11.5. The zero-order chi connectivity index (χ0) is 13.1. The van der Waals surface area contributed by atoms with E-state index in [9.17, 15) is 0 Å². The minimum absolute atomic E-state index is 0.450. The van der Waals surface area contributed by atoms with E-state index < -0.39 is 0 Å². The summed E-state index contributed by atoms with van der Waals surface area (Å²) in [5, 5.41) is 0. The number of piperazine rings is 1. The van der Waals surface area contributed by atoms with Crippen molar-refractivity contribution >= 4 is 5.82 Å². The number of aromatic nitrogens is 1. The first-order chi connectivity index (χ1) is 9.33. The fourth-order valence-electron chi connectivity index (χ4n) is 3.32. The normalized spacial score (nSPS) is 29.4. The van der Waals surface area contributed by atoms with Crippen LogP contribution in [0.2, 0.25) is 0 Å². The van der Waals surface area contributed by atoms with Crippen LogP contribution in [0, 0.1) is 0 Å². The highest BCUT2D eigenvalue weighted by atomic mass is 15.3. The van der Waals surface area contributed by atoms with Crippen LogP contribution in [0.5, 0.6) is 0 Å². The van der Waals surface area contributed by atoms with Crippen molar-refractivity contribution in [3.63, 3.8) is 0 Å². The van der Waals surface area contributed by atoms with Gasteiger partial charge in [0, 0.05) is 44.5 Å². The molecule has 1 saturated carbocycles. The fourth-order valence-corrected chi connectivity index (χ4v) is 3.32. The number of hydrogen-bond acceptors (Lipinski definition) is 4.